The molecule has 0 unspecified atom stereocenters. The number of hydrogen-bond donors (Lipinski definition) is 3. The van der Waals surface area contributed by atoms with Crippen molar-refractivity contribution in [1.29, 1.82) is 0 Å². The number of amides is 3. The minimum absolute atomic E-state index is 0.0291. The standard InChI is InChI=1S/C19H19N5O5S2/c25-16(11-30-19-24-23-18(31-19)20-10-13-3-1-6-27-13)22-17(26)21-12-4-5-14-15(9-12)29-8-2-7-28-14/h1,3-6,9H,2,7-8,10-11H2,(H,20,23)(H2,21,22,25,26). The number of carbonyl (C=O) groups is 2. The summed E-state index contributed by atoms with van der Waals surface area (Å²) in [5.74, 6) is 1.55. The first-order valence-electron chi connectivity index (χ1n) is 9.39. The van der Waals surface area contributed by atoms with Crippen molar-refractivity contribution in [2.24, 2.45) is 0 Å². The molecular formula is C19H19N5O5S2. The predicted octanol–water partition coefficient (Wildman–Crippen LogP) is 3.34. The van der Waals surface area contributed by atoms with Gasteiger partial charge >= 0.3 is 6.03 Å². The molecule has 4 rings (SSSR count). The van der Waals surface area contributed by atoms with Crippen LogP contribution in [-0.4, -0.2) is 41.1 Å². The van der Waals surface area contributed by atoms with E-state index < -0.39 is 11.9 Å². The number of ether oxygens (including phenoxy) is 2. The number of fused-ring (bicyclic) bond motifs is 1. The van der Waals surface area contributed by atoms with Crippen LogP contribution < -0.4 is 25.4 Å². The molecule has 0 spiro atoms. The van der Waals surface area contributed by atoms with Crippen molar-refractivity contribution < 1.29 is 23.5 Å². The quantitative estimate of drug-likeness (QED) is 0.454. The molecule has 0 aliphatic carbocycles. The number of hydrogen-bond acceptors (Lipinski definition) is 10. The molecule has 1 aliphatic rings. The number of aromatic nitrogens is 2. The van der Waals surface area contributed by atoms with E-state index in [0.717, 1.165) is 12.2 Å². The van der Waals surface area contributed by atoms with Crippen LogP contribution in [0.4, 0.5) is 15.6 Å². The van der Waals surface area contributed by atoms with Gasteiger partial charge in [-0.2, -0.15) is 0 Å². The van der Waals surface area contributed by atoms with Gasteiger partial charge in [-0.15, -0.1) is 10.2 Å². The Bertz CT molecular complexity index is 1040. The lowest BCUT2D eigenvalue weighted by molar-refractivity contribution is -0.117. The number of carbonyl (C=O) groups excluding carboxylic acids is 2. The number of furan rings is 1. The van der Waals surface area contributed by atoms with Crippen LogP contribution in [-0.2, 0) is 11.3 Å². The normalized spacial score (nSPS) is 12.6. The third-order valence-corrected chi connectivity index (χ3v) is 6.00. The number of nitrogens with zero attached hydrogens (tertiary/aromatic N) is 2. The monoisotopic (exact) mass is 461 g/mol. The number of anilines is 2. The van der Waals surface area contributed by atoms with Crippen LogP contribution in [0.3, 0.4) is 0 Å². The van der Waals surface area contributed by atoms with Gasteiger partial charge in [-0.25, -0.2) is 4.79 Å². The Morgan fingerprint density at radius 3 is 2.84 bits per heavy atom. The number of rotatable bonds is 7. The fraction of sp³-hybridized carbons (Fsp3) is 0.263. The number of imide groups is 1. The highest BCUT2D eigenvalue weighted by Crippen LogP contribution is 2.32. The molecule has 12 heteroatoms. The Morgan fingerprint density at radius 2 is 2.00 bits per heavy atom. The Labute approximate surface area is 185 Å². The minimum Gasteiger partial charge on any atom is -0.490 e. The van der Waals surface area contributed by atoms with Crippen LogP contribution >= 0.6 is 23.1 Å². The molecule has 162 valence electrons. The maximum absolute atomic E-state index is 12.1. The molecule has 0 saturated carbocycles. The van der Waals surface area contributed by atoms with Crippen LogP contribution in [0.5, 0.6) is 11.5 Å². The lowest BCUT2D eigenvalue weighted by Gasteiger charge is -2.10. The third-order valence-electron chi connectivity index (χ3n) is 3.99. The molecule has 3 N–H and O–H groups in total. The molecule has 3 amide bonds. The van der Waals surface area contributed by atoms with Gasteiger partial charge in [0.2, 0.25) is 11.0 Å². The molecule has 1 aliphatic heterocycles. The molecule has 31 heavy (non-hydrogen) atoms. The molecule has 1 aromatic carbocycles. The van der Waals surface area contributed by atoms with E-state index in [0.29, 0.717) is 46.4 Å². The first kappa shape index (κ1) is 21.0. The average molecular weight is 462 g/mol. The van der Waals surface area contributed by atoms with Crippen molar-refractivity contribution in [1.82, 2.24) is 15.5 Å². The van der Waals surface area contributed by atoms with Crippen LogP contribution in [0.1, 0.15) is 12.2 Å². The van der Waals surface area contributed by atoms with Crippen molar-refractivity contribution in [2.75, 3.05) is 29.6 Å². The summed E-state index contributed by atoms with van der Waals surface area (Å²) in [6.45, 7) is 1.62. The Kier molecular flexibility index (Phi) is 6.89. The van der Waals surface area contributed by atoms with E-state index in [1.165, 1.54) is 23.1 Å². The minimum atomic E-state index is -0.627. The Morgan fingerprint density at radius 1 is 1.13 bits per heavy atom. The van der Waals surface area contributed by atoms with E-state index in [1.807, 2.05) is 12.1 Å². The molecule has 0 saturated heterocycles. The summed E-state index contributed by atoms with van der Waals surface area (Å²) in [6, 6.07) is 8.11. The summed E-state index contributed by atoms with van der Waals surface area (Å²) in [4.78, 5) is 24.2. The predicted molar refractivity (Wildman–Crippen MR) is 116 cm³/mol. The molecule has 10 nitrogen and oxygen atoms in total. The highest BCUT2D eigenvalue weighted by molar-refractivity contribution is 8.01. The van der Waals surface area contributed by atoms with Crippen LogP contribution in [0.15, 0.2) is 45.4 Å². The van der Waals surface area contributed by atoms with Gasteiger partial charge in [-0.05, 0) is 24.3 Å². The zero-order valence-electron chi connectivity index (χ0n) is 16.3. The van der Waals surface area contributed by atoms with E-state index in [1.54, 1.807) is 24.5 Å². The molecular weight excluding hydrogens is 442 g/mol. The molecule has 0 radical (unpaired) electrons. The summed E-state index contributed by atoms with van der Waals surface area (Å²) in [7, 11) is 0. The van der Waals surface area contributed by atoms with Crippen LogP contribution in [0.2, 0.25) is 0 Å². The fourth-order valence-corrected chi connectivity index (χ4v) is 4.16. The lowest BCUT2D eigenvalue weighted by atomic mass is 10.3. The van der Waals surface area contributed by atoms with Gasteiger partial charge in [0.05, 0.1) is 31.8 Å². The van der Waals surface area contributed by atoms with Gasteiger partial charge in [-0.3, -0.25) is 10.1 Å². The van der Waals surface area contributed by atoms with Gasteiger partial charge in [-0.1, -0.05) is 23.1 Å². The van der Waals surface area contributed by atoms with Crippen molar-refractivity contribution in [3.05, 3.63) is 42.4 Å². The van der Waals surface area contributed by atoms with Crippen molar-refractivity contribution in [3.8, 4) is 11.5 Å². The Balaban J connectivity index is 1.21. The number of benzene rings is 1. The van der Waals surface area contributed by atoms with Gasteiger partial charge in [0, 0.05) is 18.2 Å². The zero-order chi connectivity index (χ0) is 21.5. The SMILES string of the molecule is O=C(CSc1nnc(NCc2ccco2)s1)NC(=O)Nc1ccc2c(c1)OCCCO2. The first-order valence-corrected chi connectivity index (χ1v) is 11.2. The van der Waals surface area contributed by atoms with Gasteiger partial charge in [0.1, 0.15) is 5.76 Å². The summed E-state index contributed by atoms with van der Waals surface area (Å²) in [6.07, 6.45) is 2.39. The van der Waals surface area contributed by atoms with Crippen molar-refractivity contribution >= 4 is 45.9 Å². The molecule has 0 bridgehead atoms. The maximum atomic E-state index is 12.1. The largest absolute Gasteiger partial charge is 0.490 e. The zero-order valence-corrected chi connectivity index (χ0v) is 17.9. The Hall–Kier alpha value is -3.25. The van der Waals surface area contributed by atoms with E-state index in [9.17, 15) is 9.59 Å². The van der Waals surface area contributed by atoms with Crippen LogP contribution in [0, 0.1) is 0 Å². The van der Waals surface area contributed by atoms with Gasteiger partial charge in [0.25, 0.3) is 0 Å². The summed E-state index contributed by atoms with van der Waals surface area (Å²) in [5.41, 5.74) is 0.499. The highest BCUT2D eigenvalue weighted by atomic mass is 32.2. The number of thioether (sulfide) groups is 1. The van der Waals surface area contributed by atoms with Crippen molar-refractivity contribution in [3.63, 3.8) is 0 Å². The third kappa shape index (κ3) is 6.12. The number of nitrogens with one attached hydrogen (secondary N) is 3. The van der Waals surface area contributed by atoms with E-state index in [-0.39, 0.29) is 5.75 Å². The fourth-order valence-electron chi connectivity index (χ4n) is 2.61. The van der Waals surface area contributed by atoms with E-state index >= 15 is 0 Å². The lowest BCUT2D eigenvalue weighted by Crippen LogP contribution is -2.35. The second-order valence-corrected chi connectivity index (χ2v) is 8.51. The molecule has 3 heterocycles. The molecule has 0 atom stereocenters. The molecule has 3 aromatic rings. The summed E-state index contributed by atoms with van der Waals surface area (Å²) < 4.78 is 17.0. The smallest absolute Gasteiger partial charge is 0.325 e. The van der Waals surface area contributed by atoms with Crippen LogP contribution in [0.25, 0.3) is 0 Å². The van der Waals surface area contributed by atoms with E-state index in [2.05, 4.69) is 26.1 Å². The summed E-state index contributed by atoms with van der Waals surface area (Å²) in [5, 5.41) is 16.6. The topological polar surface area (TPSA) is 128 Å². The first-order chi connectivity index (χ1) is 15.2. The number of urea groups is 1. The van der Waals surface area contributed by atoms with Crippen molar-refractivity contribution in [2.45, 2.75) is 17.3 Å². The second-order valence-electron chi connectivity index (χ2n) is 6.31. The molecule has 0 fully saturated rings. The van der Waals surface area contributed by atoms with E-state index in [4.69, 9.17) is 13.9 Å². The van der Waals surface area contributed by atoms with Gasteiger partial charge < -0.3 is 24.5 Å². The second kappa shape index (κ2) is 10.2. The van der Waals surface area contributed by atoms with Gasteiger partial charge in [0.15, 0.2) is 15.8 Å². The maximum Gasteiger partial charge on any atom is 0.325 e. The molecule has 2 aromatic heterocycles. The summed E-state index contributed by atoms with van der Waals surface area (Å²) >= 11 is 2.51. The highest BCUT2D eigenvalue weighted by Gasteiger charge is 2.14. The average Bonchev–Trinajstić information content (AvgIpc) is 3.38.